The number of nitro groups is 1. The van der Waals surface area contributed by atoms with Gasteiger partial charge >= 0.3 is 0 Å². The highest BCUT2D eigenvalue weighted by Gasteiger charge is 2.11. The summed E-state index contributed by atoms with van der Waals surface area (Å²) >= 11 is 0. The van der Waals surface area contributed by atoms with E-state index in [1.54, 1.807) is 0 Å². The molecule has 0 saturated heterocycles. The molecule has 0 unspecified atom stereocenters. The van der Waals surface area contributed by atoms with Gasteiger partial charge in [0.2, 0.25) is 0 Å². The first-order chi connectivity index (χ1) is 7.65. The summed E-state index contributed by atoms with van der Waals surface area (Å²) in [4.78, 5) is 9.68. The summed E-state index contributed by atoms with van der Waals surface area (Å²) in [6.07, 6.45) is 6.20. The Morgan fingerprint density at radius 1 is 1.56 bits per heavy atom. The number of terminal acetylenes is 1. The summed E-state index contributed by atoms with van der Waals surface area (Å²) in [7, 11) is 0. The number of unbranched alkanes of at least 4 members (excludes halogenated alkanes) is 1. The van der Waals surface area contributed by atoms with E-state index in [0.29, 0.717) is 19.4 Å². The molecule has 1 aromatic carbocycles. The fraction of sp³-hybridized carbons (Fsp3) is 0.273. The number of hydrogen-bond acceptors (Lipinski definition) is 3. The number of nitro benzene ring substituents is 1. The molecular formula is C11H10FNO3. The van der Waals surface area contributed by atoms with Crippen LogP contribution in [0, 0.1) is 28.3 Å². The van der Waals surface area contributed by atoms with Crippen LogP contribution in [-0.4, -0.2) is 11.5 Å². The highest BCUT2D eigenvalue weighted by atomic mass is 19.1. The molecule has 84 valence electrons. The van der Waals surface area contributed by atoms with Crippen LogP contribution in [0.15, 0.2) is 18.2 Å². The van der Waals surface area contributed by atoms with E-state index in [-0.39, 0.29) is 11.4 Å². The van der Waals surface area contributed by atoms with Crippen LogP contribution in [0.1, 0.15) is 12.8 Å². The molecular weight excluding hydrogens is 213 g/mol. The minimum Gasteiger partial charge on any atom is -0.490 e. The summed E-state index contributed by atoms with van der Waals surface area (Å²) in [6.45, 7) is 0.291. The minimum absolute atomic E-state index is 0.00243. The lowest BCUT2D eigenvalue weighted by molar-refractivity contribution is -0.385. The Morgan fingerprint density at radius 3 is 2.88 bits per heavy atom. The maximum Gasteiger partial charge on any atom is 0.272 e. The van der Waals surface area contributed by atoms with Crippen LogP contribution >= 0.6 is 0 Å². The van der Waals surface area contributed by atoms with E-state index in [1.165, 1.54) is 12.1 Å². The lowest BCUT2D eigenvalue weighted by Crippen LogP contribution is -1.99. The standard InChI is InChI=1S/C11H10FNO3/c1-2-3-4-7-16-11-6-5-9(13(14)15)8-10(11)12/h1,5-6,8H,3-4,7H2. The predicted molar refractivity (Wildman–Crippen MR) is 56.6 cm³/mol. The maximum atomic E-state index is 13.2. The van der Waals surface area contributed by atoms with Crippen LogP contribution in [0.25, 0.3) is 0 Å². The van der Waals surface area contributed by atoms with Crippen LogP contribution in [0.3, 0.4) is 0 Å². The number of hydrogen-bond donors (Lipinski definition) is 0. The molecule has 1 rings (SSSR count). The Hall–Kier alpha value is -2.09. The van der Waals surface area contributed by atoms with Gasteiger partial charge in [0.15, 0.2) is 11.6 Å². The van der Waals surface area contributed by atoms with Gasteiger partial charge in [-0.1, -0.05) is 0 Å². The summed E-state index contributed by atoms with van der Waals surface area (Å²) in [6, 6.07) is 3.26. The molecule has 0 atom stereocenters. The monoisotopic (exact) mass is 223 g/mol. The van der Waals surface area contributed by atoms with Gasteiger partial charge in [-0.3, -0.25) is 10.1 Å². The van der Waals surface area contributed by atoms with E-state index in [4.69, 9.17) is 11.2 Å². The van der Waals surface area contributed by atoms with Crippen molar-refractivity contribution >= 4 is 5.69 Å². The topological polar surface area (TPSA) is 52.4 Å². The van der Waals surface area contributed by atoms with Gasteiger partial charge in [-0.05, 0) is 12.5 Å². The fourth-order valence-corrected chi connectivity index (χ4v) is 1.08. The van der Waals surface area contributed by atoms with Crippen molar-refractivity contribution in [2.45, 2.75) is 12.8 Å². The average Bonchev–Trinajstić information content (AvgIpc) is 2.26. The van der Waals surface area contributed by atoms with Crippen LogP contribution in [0.4, 0.5) is 10.1 Å². The minimum atomic E-state index is -0.741. The summed E-state index contributed by atoms with van der Waals surface area (Å²) in [5.74, 6) is 1.69. The smallest absolute Gasteiger partial charge is 0.272 e. The second kappa shape index (κ2) is 5.71. The summed E-state index contributed by atoms with van der Waals surface area (Å²) in [5, 5.41) is 10.3. The maximum absolute atomic E-state index is 13.2. The van der Waals surface area contributed by atoms with Crippen molar-refractivity contribution in [2.24, 2.45) is 0 Å². The molecule has 0 heterocycles. The average molecular weight is 223 g/mol. The van der Waals surface area contributed by atoms with Gasteiger partial charge in [0.1, 0.15) is 0 Å². The SMILES string of the molecule is C#CCCCOc1ccc([N+](=O)[O-])cc1F. The first-order valence-corrected chi connectivity index (χ1v) is 4.65. The van der Waals surface area contributed by atoms with Gasteiger partial charge in [-0.2, -0.15) is 0 Å². The molecule has 0 radical (unpaired) electrons. The molecule has 0 fully saturated rings. The number of halogens is 1. The Kier molecular flexibility index (Phi) is 4.28. The lowest BCUT2D eigenvalue weighted by Gasteiger charge is -2.05. The molecule has 5 heteroatoms. The second-order valence-corrected chi connectivity index (χ2v) is 3.03. The van der Waals surface area contributed by atoms with Crippen LogP contribution in [-0.2, 0) is 0 Å². The molecule has 0 aliphatic heterocycles. The Balaban J connectivity index is 2.62. The third kappa shape index (κ3) is 3.24. The van der Waals surface area contributed by atoms with Gasteiger partial charge in [0.25, 0.3) is 5.69 Å². The molecule has 0 N–H and O–H groups in total. The van der Waals surface area contributed by atoms with Crippen LogP contribution in [0.2, 0.25) is 0 Å². The molecule has 0 amide bonds. The first-order valence-electron chi connectivity index (χ1n) is 4.65. The molecule has 0 aromatic heterocycles. The zero-order chi connectivity index (χ0) is 12.0. The molecule has 4 nitrogen and oxygen atoms in total. The molecule has 0 spiro atoms. The molecule has 0 saturated carbocycles. The van der Waals surface area contributed by atoms with Crippen molar-refractivity contribution in [1.29, 1.82) is 0 Å². The highest BCUT2D eigenvalue weighted by molar-refractivity contribution is 5.37. The number of non-ortho nitro benzene ring substituents is 1. The zero-order valence-electron chi connectivity index (χ0n) is 8.48. The van der Waals surface area contributed by atoms with E-state index >= 15 is 0 Å². The Bertz CT molecular complexity index is 426. The number of benzene rings is 1. The Morgan fingerprint density at radius 2 is 2.31 bits per heavy atom. The zero-order valence-corrected chi connectivity index (χ0v) is 8.48. The summed E-state index contributed by atoms with van der Waals surface area (Å²) in [5.41, 5.74) is -0.298. The third-order valence-electron chi connectivity index (χ3n) is 1.85. The van der Waals surface area contributed by atoms with Gasteiger partial charge < -0.3 is 4.74 Å². The van der Waals surface area contributed by atoms with E-state index in [0.717, 1.165) is 6.07 Å². The molecule has 16 heavy (non-hydrogen) atoms. The van der Waals surface area contributed by atoms with E-state index < -0.39 is 10.7 Å². The van der Waals surface area contributed by atoms with Crippen molar-refractivity contribution in [2.75, 3.05) is 6.61 Å². The predicted octanol–water partition coefficient (Wildman–Crippen LogP) is 2.53. The van der Waals surface area contributed by atoms with Crippen molar-refractivity contribution in [3.63, 3.8) is 0 Å². The molecule has 0 aliphatic rings. The van der Waals surface area contributed by atoms with Gasteiger partial charge in [-0.25, -0.2) is 4.39 Å². The normalized spacial score (nSPS) is 9.50. The van der Waals surface area contributed by atoms with Crippen molar-refractivity contribution in [3.8, 4) is 18.1 Å². The number of rotatable bonds is 5. The largest absolute Gasteiger partial charge is 0.490 e. The van der Waals surface area contributed by atoms with Gasteiger partial charge in [0.05, 0.1) is 17.6 Å². The molecule has 1 aromatic rings. The third-order valence-corrected chi connectivity index (χ3v) is 1.85. The summed E-state index contributed by atoms with van der Waals surface area (Å²) < 4.78 is 18.3. The lowest BCUT2D eigenvalue weighted by atomic mass is 10.3. The van der Waals surface area contributed by atoms with Crippen molar-refractivity contribution in [1.82, 2.24) is 0 Å². The van der Waals surface area contributed by atoms with Crippen molar-refractivity contribution < 1.29 is 14.1 Å². The quantitative estimate of drug-likeness (QED) is 0.333. The van der Waals surface area contributed by atoms with E-state index in [1.807, 2.05) is 0 Å². The van der Waals surface area contributed by atoms with E-state index in [2.05, 4.69) is 5.92 Å². The second-order valence-electron chi connectivity index (χ2n) is 3.03. The first kappa shape index (κ1) is 12.0. The van der Waals surface area contributed by atoms with Crippen LogP contribution in [0.5, 0.6) is 5.75 Å². The van der Waals surface area contributed by atoms with Gasteiger partial charge in [-0.15, -0.1) is 12.3 Å². The van der Waals surface area contributed by atoms with E-state index in [9.17, 15) is 14.5 Å². The Labute approximate surface area is 92.2 Å². The molecule has 0 aliphatic carbocycles. The number of ether oxygens (including phenoxy) is 1. The number of nitrogens with zero attached hydrogens (tertiary/aromatic N) is 1. The van der Waals surface area contributed by atoms with Gasteiger partial charge in [0, 0.05) is 12.5 Å². The van der Waals surface area contributed by atoms with Crippen molar-refractivity contribution in [3.05, 3.63) is 34.1 Å². The highest BCUT2D eigenvalue weighted by Crippen LogP contribution is 2.22. The van der Waals surface area contributed by atoms with Crippen LogP contribution < -0.4 is 4.74 Å². The fourth-order valence-electron chi connectivity index (χ4n) is 1.08. The molecule has 0 bridgehead atoms.